The topological polar surface area (TPSA) is 43.8 Å². The first-order valence-electron chi connectivity index (χ1n) is 5.24. The Kier molecular flexibility index (Phi) is 2.08. The first-order chi connectivity index (χ1) is 8.27. The van der Waals surface area contributed by atoms with E-state index in [9.17, 15) is 4.39 Å². The van der Waals surface area contributed by atoms with E-state index in [0.29, 0.717) is 11.3 Å². The van der Waals surface area contributed by atoms with E-state index in [1.807, 2.05) is 18.2 Å². The van der Waals surface area contributed by atoms with Crippen LogP contribution in [0.3, 0.4) is 0 Å². The van der Waals surface area contributed by atoms with Crippen molar-refractivity contribution in [1.29, 1.82) is 0 Å². The molecule has 0 bridgehead atoms. The van der Waals surface area contributed by atoms with E-state index in [0.717, 1.165) is 11.1 Å². The number of hydrogen-bond acceptors (Lipinski definition) is 2. The number of fused-ring (bicyclic) bond motifs is 1. The van der Waals surface area contributed by atoms with E-state index in [1.165, 1.54) is 6.07 Å². The molecule has 0 radical (unpaired) electrons. The Labute approximate surface area is 97.3 Å². The molecule has 3 nitrogen and oxygen atoms in total. The van der Waals surface area contributed by atoms with Gasteiger partial charge in [0, 0.05) is 23.2 Å². The van der Waals surface area contributed by atoms with Gasteiger partial charge in [-0.15, -0.1) is 0 Å². The molecule has 0 saturated carbocycles. The summed E-state index contributed by atoms with van der Waals surface area (Å²) in [5.74, 6) is 0.157. The zero-order valence-electron chi connectivity index (χ0n) is 8.97. The van der Waals surface area contributed by atoms with Crippen molar-refractivity contribution in [3.05, 3.63) is 54.6 Å². The highest BCUT2D eigenvalue weighted by molar-refractivity contribution is 5.91. The molecule has 0 unspecified atom stereocenters. The van der Waals surface area contributed by atoms with Gasteiger partial charge in [-0.1, -0.05) is 24.3 Å². The summed E-state index contributed by atoms with van der Waals surface area (Å²) in [5, 5.41) is 1.40. The summed E-state index contributed by atoms with van der Waals surface area (Å²) < 4.78 is 15.4. The summed E-state index contributed by atoms with van der Waals surface area (Å²) in [4.78, 5) is 3.97. The molecule has 84 valence electrons. The predicted molar refractivity (Wildman–Crippen MR) is 65.4 cm³/mol. The molecule has 0 fully saturated rings. The highest BCUT2D eigenvalue weighted by Gasteiger charge is 2.08. The van der Waals surface area contributed by atoms with Gasteiger partial charge in [0.1, 0.15) is 5.82 Å². The van der Waals surface area contributed by atoms with Crippen LogP contribution in [0.5, 0.6) is 0 Å². The molecule has 1 heterocycles. The molecular weight excluding hydrogens is 217 g/mol. The molecule has 0 aliphatic heterocycles. The van der Waals surface area contributed by atoms with Crippen LogP contribution in [0.25, 0.3) is 16.5 Å². The fraction of sp³-hybridized carbons (Fsp3) is 0. The Morgan fingerprint density at radius 2 is 1.82 bits per heavy atom. The second-order valence-electron chi connectivity index (χ2n) is 3.77. The lowest BCUT2D eigenvalue weighted by atomic mass is 10.1. The summed E-state index contributed by atoms with van der Waals surface area (Å²) in [6.07, 6.45) is 3.38. The third kappa shape index (κ3) is 1.45. The van der Waals surface area contributed by atoms with E-state index in [2.05, 4.69) is 4.98 Å². The standard InChI is InChI=1S/C13H10FN3/c14-11-5-6-12(17-8-7-16-13(17)15)10-4-2-1-3-9(10)11/h1-8H,(H2,15,16). The molecule has 0 spiro atoms. The van der Waals surface area contributed by atoms with Crippen LogP contribution in [0, 0.1) is 5.82 Å². The van der Waals surface area contributed by atoms with Crippen molar-refractivity contribution < 1.29 is 4.39 Å². The first kappa shape index (κ1) is 9.84. The van der Waals surface area contributed by atoms with Crippen molar-refractivity contribution in [3.8, 4) is 5.69 Å². The molecule has 4 heteroatoms. The fourth-order valence-corrected chi connectivity index (χ4v) is 1.98. The second-order valence-corrected chi connectivity index (χ2v) is 3.77. The van der Waals surface area contributed by atoms with Gasteiger partial charge in [0.2, 0.25) is 5.95 Å². The molecule has 17 heavy (non-hydrogen) atoms. The molecule has 0 atom stereocenters. The summed E-state index contributed by atoms with van der Waals surface area (Å²) in [6, 6.07) is 10.5. The third-order valence-corrected chi connectivity index (χ3v) is 2.78. The van der Waals surface area contributed by atoms with Gasteiger partial charge < -0.3 is 5.73 Å². The molecule has 1 aromatic heterocycles. The minimum Gasteiger partial charge on any atom is -0.369 e. The monoisotopic (exact) mass is 227 g/mol. The van der Waals surface area contributed by atoms with Crippen LogP contribution in [-0.4, -0.2) is 9.55 Å². The van der Waals surface area contributed by atoms with E-state index >= 15 is 0 Å². The van der Waals surface area contributed by atoms with Crippen molar-refractivity contribution >= 4 is 16.7 Å². The summed E-state index contributed by atoms with van der Waals surface area (Å²) in [6.45, 7) is 0. The zero-order chi connectivity index (χ0) is 11.8. The number of nitrogens with zero attached hydrogens (tertiary/aromatic N) is 2. The van der Waals surface area contributed by atoms with Gasteiger partial charge in [-0.3, -0.25) is 4.57 Å². The van der Waals surface area contributed by atoms with E-state index in [-0.39, 0.29) is 5.82 Å². The fourth-order valence-electron chi connectivity index (χ4n) is 1.98. The zero-order valence-corrected chi connectivity index (χ0v) is 8.97. The molecule has 0 amide bonds. The van der Waals surface area contributed by atoms with Gasteiger partial charge in [0.05, 0.1) is 5.69 Å². The predicted octanol–water partition coefficient (Wildman–Crippen LogP) is 2.75. The Morgan fingerprint density at radius 1 is 1.06 bits per heavy atom. The number of nitrogens with two attached hydrogens (primary N) is 1. The maximum absolute atomic E-state index is 13.7. The van der Waals surface area contributed by atoms with Crippen molar-refractivity contribution in [3.63, 3.8) is 0 Å². The molecule has 3 rings (SSSR count). The van der Waals surface area contributed by atoms with Crippen molar-refractivity contribution in [2.24, 2.45) is 0 Å². The van der Waals surface area contributed by atoms with Crippen LogP contribution in [-0.2, 0) is 0 Å². The van der Waals surface area contributed by atoms with Gasteiger partial charge in [-0.25, -0.2) is 9.37 Å². The van der Waals surface area contributed by atoms with Crippen LogP contribution < -0.4 is 5.73 Å². The third-order valence-electron chi connectivity index (χ3n) is 2.78. The van der Waals surface area contributed by atoms with Gasteiger partial charge in [0.15, 0.2) is 0 Å². The van der Waals surface area contributed by atoms with E-state index < -0.39 is 0 Å². The SMILES string of the molecule is Nc1nccn1-c1ccc(F)c2ccccc12. The van der Waals surface area contributed by atoms with Gasteiger partial charge >= 0.3 is 0 Å². The maximum Gasteiger partial charge on any atom is 0.204 e. The van der Waals surface area contributed by atoms with Crippen LogP contribution >= 0.6 is 0 Å². The Balaban J connectivity index is 2.39. The van der Waals surface area contributed by atoms with Gasteiger partial charge in [-0.2, -0.15) is 0 Å². The number of hydrogen-bond donors (Lipinski definition) is 1. The Hall–Kier alpha value is -2.36. The van der Waals surface area contributed by atoms with Crippen molar-refractivity contribution in [2.75, 3.05) is 5.73 Å². The number of aromatic nitrogens is 2. The maximum atomic E-state index is 13.7. The van der Waals surface area contributed by atoms with E-state index in [1.54, 1.807) is 29.1 Å². The van der Waals surface area contributed by atoms with Crippen LogP contribution in [0.4, 0.5) is 10.3 Å². The lowest BCUT2D eigenvalue weighted by molar-refractivity contribution is 0.639. The smallest absolute Gasteiger partial charge is 0.204 e. The average Bonchev–Trinajstić information content (AvgIpc) is 2.77. The number of imidazole rings is 1. The Bertz CT molecular complexity index is 688. The Morgan fingerprint density at radius 3 is 2.53 bits per heavy atom. The number of halogens is 1. The summed E-state index contributed by atoms with van der Waals surface area (Å²) >= 11 is 0. The van der Waals surface area contributed by atoms with Crippen molar-refractivity contribution in [1.82, 2.24) is 9.55 Å². The summed E-state index contributed by atoms with van der Waals surface area (Å²) in [7, 11) is 0. The highest BCUT2D eigenvalue weighted by atomic mass is 19.1. The largest absolute Gasteiger partial charge is 0.369 e. The second kappa shape index (κ2) is 3.59. The number of nitrogen functional groups attached to an aromatic ring is 1. The number of rotatable bonds is 1. The highest BCUT2D eigenvalue weighted by Crippen LogP contribution is 2.25. The normalized spacial score (nSPS) is 10.9. The molecule has 0 aliphatic rings. The first-order valence-corrected chi connectivity index (χ1v) is 5.24. The number of anilines is 1. The minimum atomic E-state index is -0.233. The lowest BCUT2D eigenvalue weighted by Gasteiger charge is -2.09. The van der Waals surface area contributed by atoms with E-state index in [4.69, 9.17) is 5.73 Å². The van der Waals surface area contributed by atoms with Crippen molar-refractivity contribution in [2.45, 2.75) is 0 Å². The molecule has 0 saturated heterocycles. The molecule has 2 N–H and O–H groups in total. The quantitative estimate of drug-likeness (QED) is 0.694. The van der Waals surface area contributed by atoms with Gasteiger partial charge in [-0.05, 0) is 12.1 Å². The molecular formula is C13H10FN3. The van der Waals surface area contributed by atoms with Gasteiger partial charge in [0.25, 0.3) is 0 Å². The summed E-state index contributed by atoms with van der Waals surface area (Å²) in [5.41, 5.74) is 6.59. The minimum absolute atomic E-state index is 0.233. The average molecular weight is 227 g/mol. The van der Waals surface area contributed by atoms with Crippen LogP contribution in [0.15, 0.2) is 48.8 Å². The molecule has 0 aliphatic carbocycles. The van der Waals surface area contributed by atoms with Crippen LogP contribution in [0.1, 0.15) is 0 Å². The number of benzene rings is 2. The molecule has 2 aromatic carbocycles. The van der Waals surface area contributed by atoms with Crippen LogP contribution in [0.2, 0.25) is 0 Å². The lowest BCUT2D eigenvalue weighted by Crippen LogP contribution is -2.00. The molecule has 3 aromatic rings.